The van der Waals surface area contributed by atoms with Crippen LogP contribution < -0.4 is 16.0 Å². The van der Waals surface area contributed by atoms with E-state index in [4.69, 9.17) is 9.15 Å². The summed E-state index contributed by atoms with van der Waals surface area (Å²) in [6.07, 6.45) is -0.421. The number of nitrogens with one attached hydrogen (secondary N) is 3. The third-order valence-electron chi connectivity index (χ3n) is 3.79. The van der Waals surface area contributed by atoms with Crippen molar-refractivity contribution in [2.45, 2.75) is 73.6 Å². The van der Waals surface area contributed by atoms with E-state index in [0.29, 0.717) is 24.9 Å². The van der Waals surface area contributed by atoms with Gasteiger partial charge in [-0.3, -0.25) is 0 Å². The molecule has 1 rings (SSSR count). The molecule has 1 aromatic rings. The van der Waals surface area contributed by atoms with E-state index in [2.05, 4.69) is 25.9 Å². The molecule has 1 aromatic heterocycles. The van der Waals surface area contributed by atoms with Gasteiger partial charge in [0, 0.05) is 13.1 Å². The number of oxazole rings is 1. The fourth-order valence-electron chi connectivity index (χ4n) is 2.21. The Balaban J connectivity index is 2.67. The monoisotopic (exact) mass is 381 g/mol. The van der Waals surface area contributed by atoms with Crippen molar-refractivity contribution in [1.82, 2.24) is 20.9 Å². The zero-order valence-corrected chi connectivity index (χ0v) is 17.9. The molecule has 0 fully saturated rings. The van der Waals surface area contributed by atoms with E-state index in [1.807, 2.05) is 55.4 Å². The van der Waals surface area contributed by atoms with Crippen LogP contribution in [-0.4, -0.2) is 41.8 Å². The quantitative estimate of drug-likeness (QED) is 0.496. The molecule has 0 spiro atoms. The second-order valence-corrected chi connectivity index (χ2v) is 7.82. The molecule has 8 heteroatoms. The average Bonchev–Trinajstić information content (AvgIpc) is 2.85. The Bertz CT molecular complexity index is 612. The largest absolute Gasteiger partial charge is 0.444 e. The van der Waals surface area contributed by atoms with E-state index in [1.165, 1.54) is 0 Å². The van der Waals surface area contributed by atoms with Gasteiger partial charge in [0.25, 0.3) is 0 Å². The van der Waals surface area contributed by atoms with Crippen LogP contribution in [0.1, 0.15) is 58.9 Å². The summed E-state index contributed by atoms with van der Waals surface area (Å²) in [6.45, 7) is 17.0. The first-order valence-electron chi connectivity index (χ1n) is 9.46. The third-order valence-corrected chi connectivity index (χ3v) is 3.79. The highest BCUT2D eigenvalue weighted by Gasteiger charge is 2.21. The molecule has 0 aliphatic carbocycles. The Kier molecular flexibility index (Phi) is 8.59. The van der Waals surface area contributed by atoms with E-state index >= 15 is 0 Å². The van der Waals surface area contributed by atoms with Crippen molar-refractivity contribution in [3.05, 3.63) is 17.3 Å². The molecule has 3 N–H and O–H groups in total. The van der Waals surface area contributed by atoms with Crippen LogP contribution in [0.25, 0.3) is 0 Å². The summed E-state index contributed by atoms with van der Waals surface area (Å²) in [7, 11) is 0. The lowest BCUT2D eigenvalue weighted by atomic mass is 10.0. The summed E-state index contributed by atoms with van der Waals surface area (Å²) < 4.78 is 10.9. The summed E-state index contributed by atoms with van der Waals surface area (Å²) in [5.41, 5.74) is 0.349. The van der Waals surface area contributed by atoms with Crippen molar-refractivity contribution in [3.8, 4) is 0 Å². The summed E-state index contributed by atoms with van der Waals surface area (Å²) in [4.78, 5) is 20.9. The highest BCUT2D eigenvalue weighted by atomic mass is 16.6. The van der Waals surface area contributed by atoms with Gasteiger partial charge >= 0.3 is 6.09 Å². The molecule has 0 bridgehead atoms. The molecule has 1 heterocycles. The van der Waals surface area contributed by atoms with Gasteiger partial charge in [0.2, 0.25) is 5.89 Å². The van der Waals surface area contributed by atoms with Crippen molar-refractivity contribution in [2.75, 3.05) is 13.1 Å². The number of hydrogen-bond donors (Lipinski definition) is 3. The fourth-order valence-corrected chi connectivity index (χ4v) is 2.21. The van der Waals surface area contributed by atoms with Crippen molar-refractivity contribution in [1.29, 1.82) is 0 Å². The maximum atomic E-state index is 12.1. The van der Waals surface area contributed by atoms with Gasteiger partial charge < -0.3 is 25.1 Å². The number of aliphatic imine (C=N–C) groups is 1. The lowest BCUT2D eigenvalue weighted by Gasteiger charge is -2.26. The molecule has 1 atom stereocenters. The second-order valence-electron chi connectivity index (χ2n) is 7.82. The molecule has 8 nitrogen and oxygen atoms in total. The molecule has 0 saturated heterocycles. The lowest BCUT2D eigenvalue weighted by Crippen LogP contribution is -2.50. The van der Waals surface area contributed by atoms with Crippen LogP contribution >= 0.6 is 0 Å². The Morgan fingerprint density at radius 1 is 1.26 bits per heavy atom. The van der Waals surface area contributed by atoms with Crippen LogP contribution in [0.2, 0.25) is 0 Å². The Hall–Kier alpha value is -2.25. The van der Waals surface area contributed by atoms with Gasteiger partial charge in [0.15, 0.2) is 5.96 Å². The number of hydrogen-bond acceptors (Lipinski definition) is 5. The number of carbonyl (C=O) groups is 1. The minimum Gasteiger partial charge on any atom is -0.444 e. The zero-order chi connectivity index (χ0) is 20.6. The highest BCUT2D eigenvalue weighted by Crippen LogP contribution is 2.10. The molecule has 0 aliphatic heterocycles. The van der Waals surface area contributed by atoms with Crippen molar-refractivity contribution >= 4 is 12.1 Å². The molecule has 0 saturated carbocycles. The lowest BCUT2D eigenvalue weighted by molar-refractivity contribution is 0.0491. The maximum absolute atomic E-state index is 12.1. The number of ether oxygens (including phenoxy) is 1. The van der Waals surface area contributed by atoms with Crippen molar-refractivity contribution < 1.29 is 13.9 Å². The van der Waals surface area contributed by atoms with Gasteiger partial charge in [-0.15, -0.1) is 0 Å². The average molecular weight is 382 g/mol. The van der Waals surface area contributed by atoms with E-state index in [1.54, 1.807) is 0 Å². The second kappa shape index (κ2) is 10.2. The van der Waals surface area contributed by atoms with Crippen LogP contribution in [0, 0.1) is 19.8 Å². The number of alkyl carbamates (subject to hydrolysis) is 1. The predicted octanol–water partition coefficient (Wildman–Crippen LogP) is 2.90. The van der Waals surface area contributed by atoms with Crippen LogP contribution in [0.3, 0.4) is 0 Å². The molecular formula is C19H35N5O3. The van der Waals surface area contributed by atoms with Crippen molar-refractivity contribution in [3.63, 3.8) is 0 Å². The first kappa shape index (κ1) is 22.8. The standard InChI is InChI=1S/C19H35N5O3/c1-9-20-17(22-11-16-23-13(4)14(5)26-16)21-10-15(12(2)3)24-18(25)27-19(6,7)8/h12,15H,9-11H2,1-8H3,(H,24,25)(H2,20,21,22). The molecule has 154 valence electrons. The number of aryl methyl sites for hydroxylation is 2. The highest BCUT2D eigenvalue weighted by molar-refractivity contribution is 5.79. The van der Waals surface area contributed by atoms with E-state index in [9.17, 15) is 4.79 Å². The first-order chi connectivity index (χ1) is 12.5. The Morgan fingerprint density at radius 3 is 2.41 bits per heavy atom. The minimum atomic E-state index is -0.526. The SMILES string of the molecule is CCNC(=NCc1nc(C)c(C)o1)NCC(NC(=O)OC(C)(C)C)C(C)C. The number of aromatic nitrogens is 1. The summed E-state index contributed by atoms with van der Waals surface area (Å²) in [6, 6.07) is -0.102. The fraction of sp³-hybridized carbons (Fsp3) is 0.737. The van der Waals surface area contributed by atoms with Gasteiger partial charge in [0.1, 0.15) is 17.9 Å². The smallest absolute Gasteiger partial charge is 0.407 e. The summed E-state index contributed by atoms with van der Waals surface area (Å²) >= 11 is 0. The minimum absolute atomic E-state index is 0.102. The third kappa shape index (κ3) is 8.79. The van der Waals surface area contributed by atoms with Gasteiger partial charge in [-0.1, -0.05) is 13.8 Å². The van der Waals surface area contributed by atoms with Crippen molar-refractivity contribution in [2.24, 2.45) is 10.9 Å². The van der Waals surface area contributed by atoms with Gasteiger partial charge in [-0.2, -0.15) is 0 Å². The molecule has 1 amide bonds. The predicted molar refractivity (Wildman–Crippen MR) is 107 cm³/mol. The maximum Gasteiger partial charge on any atom is 0.407 e. The number of amides is 1. The Morgan fingerprint density at radius 2 is 1.93 bits per heavy atom. The molecule has 0 aliphatic rings. The number of nitrogens with zero attached hydrogens (tertiary/aromatic N) is 2. The van der Waals surface area contributed by atoms with Crippen LogP contribution in [0.15, 0.2) is 9.41 Å². The van der Waals surface area contributed by atoms with Gasteiger partial charge in [-0.05, 0) is 47.5 Å². The van der Waals surface area contributed by atoms with Gasteiger partial charge in [-0.25, -0.2) is 14.8 Å². The normalized spacial score (nSPS) is 13.4. The Labute approximate surface area is 162 Å². The first-order valence-corrected chi connectivity index (χ1v) is 9.46. The van der Waals surface area contributed by atoms with E-state index in [-0.39, 0.29) is 12.0 Å². The molecule has 0 aromatic carbocycles. The van der Waals surface area contributed by atoms with Crippen LogP contribution in [0.4, 0.5) is 4.79 Å². The summed E-state index contributed by atoms with van der Waals surface area (Å²) in [5.74, 6) is 2.25. The van der Waals surface area contributed by atoms with Crippen LogP contribution in [-0.2, 0) is 11.3 Å². The van der Waals surface area contributed by atoms with E-state index in [0.717, 1.165) is 18.0 Å². The molecular weight excluding hydrogens is 346 g/mol. The molecule has 1 unspecified atom stereocenters. The number of rotatable bonds is 7. The number of carbonyl (C=O) groups excluding carboxylic acids is 1. The zero-order valence-electron chi connectivity index (χ0n) is 17.9. The topological polar surface area (TPSA) is 101 Å². The van der Waals surface area contributed by atoms with Gasteiger partial charge in [0.05, 0.1) is 11.7 Å². The van der Waals surface area contributed by atoms with E-state index < -0.39 is 11.7 Å². The molecule has 0 radical (unpaired) electrons. The summed E-state index contributed by atoms with van der Waals surface area (Å²) in [5, 5.41) is 9.36. The number of guanidine groups is 1. The van der Waals surface area contributed by atoms with Crippen LogP contribution in [0.5, 0.6) is 0 Å². The molecule has 27 heavy (non-hydrogen) atoms.